The highest BCUT2D eigenvalue weighted by Crippen LogP contribution is 2.53. The van der Waals surface area contributed by atoms with Crippen LogP contribution in [0.4, 0.5) is 0 Å². The van der Waals surface area contributed by atoms with Crippen LogP contribution in [0.3, 0.4) is 0 Å². The van der Waals surface area contributed by atoms with Gasteiger partial charge < -0.3 is 8.83 Å². The van der Waals surface area contributed by atoms with Gasteiger partial charge in [-0.2, -0.15) is 0 Å². The molecule has 6 aromatic carbocycles. The fraction of sp³-hybridized carbons (Fsp3) is 0.0698. The van der Waals surface area contributed by atoms with E-state index in [4.69, 9.17) is 18.8 Å². The summed E-state index contributed by atoms with van der Waals surface area (Å²) in [5.41, 5.74) is 14.2. The number of rotatable bonds is 3. The lowest BCUT2D eigenvalue weighted by molar-refractivity contribution is 0.620. The second kappa shape index (κ2) is 9.51. The van der Waals surface area contributed by atoms with Crippen molar-refractivity contribution in [1.82, 2.24) is 9.97 Å². The molecule has 0 atom stereocenters. The van der Waals surface area contributed by atoms with Crippen LogP contribution >= 0.6 is 0 Å². The van der Waals surface area contributed by atoms with Crippen LogP contribution in [0.1, 0.15) is 25.0 Å². The van der Waals surface area contributed by atoms with Crippen LogP contribution < -0.4 is 0 Å². The minimum Gasteiger partial charge on any atom is -0.456 e. The summed E-state index contributed by atoms with van der Waals surface area (Å²) in [6.07, 6.45) is 0. The average Bonchev–Trinajstić information content (AvgIpc) is 3.76. The highest BCUT2D eigenvalue weighted by Gasteiger charge is 2.38. The molecule has 0 bridgehead atoms. The zero-order chi connectivity index (χ0) is 31.3. The maximum atomic E-state index is 6.72. The molecule has 0 saturated carbocycles. The Balaban J connectivity index is 1.14. The predicted octanol–water partition coefficient (Wildman–Crippen LogP) is 11.6. The normalized spacial score (nSPS) is 13.5. The summed E-state index contributed by atoms with van der Waals surface area (Å²) in [4.78, 5) is 10.0. The molecule has 222 valence electrons. The third kappa shape index (κ3) is 3.70. The topological polar surface area (TPSA) is 52.1 Å². The summed E-state index contributed by atoms with van der Waals surface area (Å²) in [7, 11) is 0. The van der Waals surface area contributed by atoms with Crippen molar-refractivity contribution in [2.45, 2.75) is 19.3 Å². The van der Waals surface area contributed by atoms with Gasteiger partial charge in [-0.3, -0.25) is 0 Å². The van der Waals surface area contributed by atoms with Gasteiger partial charge in [0.2, 0.25) is 0 Å². The number of benzene rings is 6. The standard InChI is InChI=1S/C43H28N2O2/c1-43(2)33-16-8-6-13-29(33)30-23-24-32-36-28(15-10-18-35(36)47-40(32)37(30)43)25-19-21-26(22-20-25)38-41-39(31-14-7-9-17-34(31)46-41)45-42(44-38)27-11-4-3-5-12-27/h3-24H,1-2H3. The Hall–Kier alpha value is -6.00. The van der Waals surface area contributed by atoms with E-state index in [-0.39, 0.29) is 5.41 Å². The number of hydrogen-bond donors (Lipinski definition) is 0. The van der Waals surface area contributed by atoms with E-state index in [1.54, 1.807) is 0 Å². The van der Waals surface area contributed by atoms with Crippen molar-refractivity contribution in [2.75, 3.05) is 0 Å². The number of furan rings is 2. The molecule has 0 amide bonds. The van der Waals surface area contributed by atoms with E-state index in [0.717, 1.165) is 66.4 Å². The summed E-state index contributed by atoms with van der Waals surface area (Å²) in [5, 5.41) is 3.26. The molecule has 0 unspecified atom stereocenters. The maximum absolute atomic E-state index is 6.72. The third-order valence-electron chi connectivity index (χ3n) is 9.90. The van der Waals surface area contributed by atoms with Gasteiger partial charge in [0.25, 0.3) is 0 Å². The van der Waals surface area contributed by atoms with Crippen LogP contribution in [0, 0.1) is 0 Å². The first-order valence-corrected chi connectivity index (χ1v) is 16.0. The molecule has 0 N–H and O–H groups in total. The SMILES string of the molecule is CC1(C)c2ccccc2-c2ccc3c(oc4cccc(-c5ccc(-c6nc(-c7ccccc7)nc7c6oc6ccccc67)cc5)c43)c21. The molecule has 3 heterocycles. The Labute approximate surface area is 271 Å². The quantitative estimate of drug-likeness (QED) is 0.201. The minimum absolute atomic E-state index is 0.154. The molecule has 0 saturated heterocycles. The molecule has 1 aliphatic rings. The number of hydrogen-bond acceptors (Lipinski definition) is 4. The van der Waals surface area contributed by atoms with E-state index in [9.17, 15) is 0 Å². The molecular formula is C43H28N2O2. The first-order valence-electron chi connectivity index (χ1n) is 16.0. The van der Waals surface area contributed by atoms with Crippen molar-refractivity contribution in [1.29, 1.82) is 0 Å². The molecule has 1 aliphatic carbocycles. The van der Waals surface area contributed by atoms with Crippen LogP contribution in [0.15, 0.2) is 142 Å². The molecule has 0 aliphatic heterocycles. The second-order valence-corrected chi connectivity index (χ2v) is 12.9. The average molecular weight is 605 g/mol. The summed E-state index contributed by atoms with van der Waals surface area (Å²) in [6.45, 7) is 4.61. The second-order valence-electron chi connectivity index (χ2n) is 12.9. The van der Waals surface area contributed by atoms with Crippen molar-refractivity contribution in [3.8, 4) is 44.9 Å². The van der Waals surface area contributed by atoms with Gasteiger partial charge in [0.1, 0.15) is 28.0 Å². The highest BCUT2D eigenvalue weighted by atomic mass is 16.3. The lowest BCUT2D eigenvalue weighted by atomic mass is 9.81. The molecule has 10 rings (SSSR count). The van der Waals surface area contributed by atoms with Crippen molar-refractivity contribution >= 4 is 44.0 Å². The molecule has 47 heavy (non-hydrogen) atoms. The van der Waals surface area contributed by atoms with Gasteiger partial charge in [0.15, 0.2) is 11.4 Å². The molecule has 9 aromatic rings. The molecule has 3 aromatic heterocycles. The van der Waals surface area contributed by atoms with Crippen molar-refractivity contribution in [2.24, 2.45) is 0 Å². The highest BCUT2D eigenvalue weighted by molar-refractivity contribution is 6.15. The summed E-state index contributed by atoms with van der Waals surface area (Å²) < 4.78 is 13.1. The zero-order valence-electron chi connectivity index (χ0n) is 25.9. The number of para-hydroxylation sites is 1. The molecule has 0 spiro atoms. The molecular weight excluding hydrogens is 576 g/mol. The molecule has 0 fully saturated rings. The number of aromatic nitrogens is 2. The number of fused-ring (bicyclic) bond motifs is 10. The third-order valence-corrected chi connectivity index (χ3v) is 9.90. The van der Waals surface area contributed by atoms with Crippen molar-refractivity contribution in [3.05, 3.63) is 145 Å². The first-order chi connectivity index (χ1) is 23.1. The van der Waals surface area contributed by atoms with E-state index in [0.29, 0.717) is 11.4 Å². The molecule has 4 nitrogen and oxygen atoms in total. The smallest absolute Gasteiger partial charge is 0.180 e. The van der Waals surface area contributed by atoms with Crippen molar-refractivity contribution in [3.63, 3.8) is 0 Å². The Kier molecular flexibility index (Phi) is 5.31. The molecule has 4 heteroatoms. The monoisotopic (exact) mass is 604 g/mol. The van der Waals surface area contributed by atoms with Gasteiger partial charge in [0.05, 0.1) is 0 Å². The molecule has 0 radical (unpaired) electrons. The zero-order valence-corrected chi connectivity index (χ0v) is 25.9. The Morgan fingerprint density at radius 1 is 0.489 bits per heavy atom. The first kappa shape index (κ1) is 26.2. The van der Waals surface area contributed by atoms with E-state index in [2.05, 4.69) is 98.8 Å². The minimum atomic E-state index is -0.154. The van der Waals surface area contributed by atoms with Gasteiger partial charge in [-0.1, -0.05) is 123 Å². The predicted molar refractivity (Wildman–Crippen MR) is 190 cm³/mol. The Morgan fingerprint density at radius 3 is 2.06 bits per heavy atom. The van der Waals surface area contributed by atoms with Crippen LogP contribution in [0.25, 0.3) is 88.9 Å². The van der Waals surface area contributed by atoms with E-state index >= 15 is 0 Å². The number of nitrogens with zero attached hydrogens (tertiary/aromatic N) is 2. The van der Waals surface area contributed by atoms with E-state index < -0.39 is 0 Å². The fourth-order valence-electron chi connectivity index (χ4n) is 7.68. The van der Waals surface area contributed by atoms with Crippen LogP contribution in [0.2, 0.25) is 0 Å². The fourth-order valence-corrected chi connectivity index (χ4v) is 7.68. The Bertz CT molecular complexity index is 2700. The van der Waals surface area contributed by atoms with Crippen LogP contribution in [-0.4, -0.2) is 9.97 Å². The summed E-state index contributed by atoms with van der Waals surface area (Å²) >= 11 is 0. The summed E-state index contributed by atoms with van der Waals surface area (Å²) in [6, 6.07) is 46.4. The van der Waals surface area contributed by atoms with Gasteiger partial charge in [0, 0.05) is 38.3 Å². The van der Waals surface area contributed by atoms with E-state index in [1.165, 1.54) is 22.3 Å². The van der Waals surface area contributed by atoms with E-state index in [1.807, 2.05) is 48.5 Å². The van der Waals surface area contributed by atoms with Gasteiger partial charge in [-0.05, 0) is 52.1 Å². The van der Waals surface area contributed by atoms with Crippen LogP contribution in [0.5, 0.6) is 0 Å². The lowest BCUT2D eigenvalue weighted by Gasteiger charge is -2.21. The van der Waals surface area contributed by atoms with Crippen molar-refractivity contribution < 1.29 is 8.83 Å². The maximum Gasteiger partial charge on any atom is 0.180 e. The largest absolute Gasteiger partial charge is 0.456 e. The lowest BCUT2D eigenvalue weighted by Crippen LogP contribution is -2.15. The van der Waals surface area contributed by atoms with Gasteiger partial charge >= 0.3 is 0 Å². The summed E-state index contributed by atoms with van der Waals surface area (Å²) in [5.74, 6) is 0.677. The van der Waals surface area contributed by atoms with Crippen LogP contribution in [-0.2, 0) is 5.41 Å². The van der Waals surface area contributed by atoms with Gasteiger partial charge in [-0.25, -0.2) is 9.97 Å². The van der Waals surface area contributed by atoms with Gasteiger partial charge in [-0.15, -0.1) is 0 Å². The Morgan fingerprint density at radius 2 is 1.19 bits per heavy atom.